The van der Waals surface area contributed by atoms with E-state index in [2.05, 4.69) is 11.4 Å². The summed E-state index contributed by atoms with van der Waals surface area (Å²) in [4.78, 5) is 12.6. The minimum absolute atomic E-state index is 0.123. The van der Waals surface area contributed by atoms with E-state index in [0.717, 1.165) is 22.9 Å². The summed E-state index contributed by atoms with van der Waals surface area (Å²) in [7, 11) is -1.84. The highest BCUT2D eigenvalue weighted by atomic mass is 32.2. The zero-order valence-electron chi connectivity index (χ0n) is 16.1. The van der Waals surface area contributed by atoms with Gasteiger partial charge in [0, 0.05) is 12.6 Å². The predicted octanol–water partition coefficient (Wildman–Crippen LogP) is 3.50. The Bertz CT molecular complexity index is 936. The minimum atomic E-state index is -3.34. The number of nitrogens with one attached hydrogen (secondary N) is 1. The van der Waals surface area contributed by atoms with Gasteiger partial charge in [-0.3, -0.25) is 9.10 Å². The van der Waals surface area contributed by atoms with Crippen LogP contribution >= 0.6 is 0 Å². The quantitative estimate of drug-likeness (QED) is 0.871. The van der Waals surface area contributed by atoms with Gasteiger partial charge in [0.1, 0.15) is 0 Å². The molecule has 1 atom stereocenters. The number of rotatable bonds is 5. The van der Waals surface area contributed by atoms with Gasteiger partial charge in [-0.15, -0.1) is 0 Å². The van der Waals surface area contributed by atoms with Crippen molar-refractivity contribution in [2.24, 2.45) is 0 Å². The van der Waals surface area contributed by atoms with Crippen LogP contribution < -0.4 is 9.62 Å². The monoisotopic (exact) mass is 374 g/mol. The third-order valence-electron chi connectivity index (χ3n) is 4.54. The van der Waals surface area contributed by atoms with Gasteiger partial charge in [0.15, 0.2) is 0 Å². The van der Waals surface area contributed by atoms with E-state index in [4.69, 9.17) is 0 Å². The molecule has 0 aromatic heterocycles. The molecule has 26 heavy (non-hydrogen) atoms. The molecule has 0 radical (unpaired) electrons. The number of nitrogens with zero attached hydrogens (tertiary/aromatic N) is 1. The zero-order valence-corrected chi connectivity index (χ0v) is 16.9. The molecule has 0 spiro atoms. The molecular weight excluding hydrogens is 348 g/mol. The van der Waals surface area contributed by atoms with Crippen molar-refractivity contribution < 1.29 is 13.2 Å². The average molecular weight is 375 g/mol. The fraction of sp³-hybridized carbons (Fsp3) is 0.350. The number of aryl methyl sites for hydroxylation is 3. The van der Waals surface area contributed by atoms with E-state index in [1.54, 1.807) is 25.1 Å². The second kappa shape index (κ2) is 7.50. The molecule has 2 aromatic carbocycles. The van der Waals surface area contributed by atoms with Crippen LogP contribution in [0, 0.1) is 20.8 Å². The molecule has 0 unspecified atom stereocenters. The van der Waals surface area contributed by atoms with E-state index in [9.17, 15) is 13.2 Å². The Labute approximate surface area is 156 Å². The van der Waals surface area contributed by atoms with Crippen molar-refractivity contribution in [2.75, 3.05) is 17.6 Å². The van der Waals surface area contributed by atoms with Crippen LogP contribution in [0.5, 0.6) is 0 Å². The molecule has 0 fully saturated rings. The zero-order chi connectivity index (χ0) is 19.6. The highest BCUT2D eigenvalue weighted by Crippen LogP contribution is 2.23. The summed E-state index contributed by atoms with van der Waals surface area (Å²) in [6, 6.07) is 11.1. The van der Waals surface area contributed by atoms with Crippen molar-refractivity contribution in [3.8, 4) is 0 Å². The van der Waals surface area contributed by atoms with E-state index in [1.165, 1.54) is 16.9 Å². The Balaban J connectivity index is 2.21. The van der Waals surface area contributed by atoms with Crippen molar-refractivity contribution in [1.82, 2.24) is 5.32 Å². The summed E-state index contributed by atoms with van der Waals surface area (Å²) < 4.78 is 24.6. The summed E-state index contributed by atoms with van der Waals surface area (Å²) in [5, 5.41) is 3.01. The first kappa shape index (κ1) is 20.0. The smallest absolute Gasteiger partial charge is 0.251 e. The van der Waals surface area contributed by atoms with Crippen LogP contribution in [0.2, 0.25) is 0 Å². The van der Waals surface area contributed by atoms with E-state index < -0.39 is 10.0 Å². The van der Waals surface area contributed by atoms with Gasteiger partial charge in [-0.05, 0) is 62.6 Å². The largest absolute Gasteiger partial charge is 0.346 e. The molecule has 0 heterocycles. The maximum atomic E-state index is 12.6. The van der Waals surface area contributed by atoms with Crippen molar-refractivity contribution in [1.29, 1.82) is 0 Å². The summed E-state index contributed by atoms with van der Waals surface area (Å²) in [6.07, 6.45) is 1.15. The van der Waals surface area contributed by atoms with Crippen LogP contribution in [-0.2, 0) is 10.0 Å². The van der Waals surface area contributed by atoms with E-state index in [0.29, 0.717) is 11.3 Å². The van der Waals surface area contributed by atoms with Gasteiger partial charge < -0.3 is 5.32 Å². The van der Waals surface area contributed by atoms with Crippen molar-refractivity contribution in [3.63, 3.8) is 0 Å². The molecule has 2 rings (SSSR count). The number of sulfonamides is 1. The molecule has 1 N–H and O–H groups in total. The molecule has 1 amide bonds. The SMILES string of the molecule is Cc1ccc([C@@H](C)NC(=O)c2ccc(N(C)S(C)(=O)=O)c(C)c2)c(C)c1. The van der Waals surface area contributed by atoms with E-state index >= 15 is 0 Å². The lowest BCUT2D eigenvalue weighted by molar-refractivity contribution is 0.0939. The minimum Gasteiger partial charge on any atom is -0.346 e. The molecule has 0 saturated heterocycles. The number of amides is 1. The van der Waals surface area contributed by atoms with E-state index in [-0.39, 0.29) is 11.9 Å². The topological polar surface area (TPSA) is 66.5 Å². The molecule has 140 valence electrons. The summed E-state index contributed by atoms with van der Waals surface area (Å²) in [5.74, 6) is -0.186. The van der Waals surface area contributed by atoms with Gasteiger partial charge in [-0.1, -0.05) is 23.8 Å². The highest BCUT2D eigenvalue weighted by Gasteiger charge is 2.17. The van der Waals surface area contributed by atoms with Crippen LogP contribution in [0.1, 0.15) is 45.6 Å². The Hall–Kier alpha value is -2.34. The summed E-state index contributed by atoms with van der Waals surface area (Å²) in [6.45, 7) is 7.82. The molecule has 5 nitrogen and oxygen atoms in total. The van der Waals surface area contributed by atoms with Crippen LogP contribution in [-0.4, -0.2) is 27.6 Å². The Kier molecular flexibility index (Phi) is 5.76. The highest BCUT2D eigenvalue weighted by molar-refractivity contribution is 7.92. The van der Waals surface area contributed by atoms with Crippen LogP contribution in [0.25, 0.3) is 0 Å². The number of hydrogen-bond acceptors (Lipinski definition) is 3. The van der Waals surface area contributed by atoms with Gasteiger partial charge in [-0.2, -0.15) is 0 Å². The number of benzene rings is 2. The third kappa shape index (κ3) is 4.43. The number of carbonyl (C=O) groups excluding carboxylic acids is 1. The summed E-state index contributed by atoms with van der Waals surface area (Å²) >= 11 is 0. The Morgan fingerprint density at radius 2 is 1.69 bits per heavy atom. The predicted molar refractivity (Wildman–Crippen MR) is 106 cm³/mol. The van der Waals surface area contributed by atoms with Gasteiger partial charge in [0.05, 0.1) is 18.0 Å². The summed E-state index contributed by atoms with van der Waals surface area (Å²) in [5.41, 5.74) is 5.19. The van der Waals surface area contributed by atoms with Crippen LogP contribution in [0.15, 0.2) is 36.4 Å². The van der Waals surface area contributed by atoms with Crippen molar-refractivity contribution >= 4 is 21.6 Å². The maximum Gasteiger partial charge on any atom is 0.251 e. The Morgan fingerprint density at radius 3 is 2.23 bits per heavy atom. The normalized spacial score (nSPS) is 12.5. The first-order chi connectivity index (χ1) is 12.0. The average Bonchev–Trinajstić information content (AvgIpc) is 2.52. The Morgan fingerprint density at radius 1 is 1.04 bits per heavy atom. The molecule has 0 aliphatic carbocycles. The molecule has 0 aliphatic rings. The van der Waals surface area contributed by atoms with Crippen LogP contribution in [0.4, 0.5) is 5.69 Å². The van der Waals surface area contributed by atoms with Crippen molar-refractivity contribution in [2.45, 2.75) is 33.7 Å². The standard InChI is InChI=1S/C20H26N2O3S/c1-13-7-9-18(14(2)11-13)16(4)21-20(23)17-8-10-19(15(3)12-17)22(5)26(6,24)25/h7-12,16H,1-6H3,(H,21,23)/t16-/m1/s1. The lowest BCUT2D eigenvalue weighted by atomic mass is 10.00. The molecular formula is C20H26N2O3S. The van der Waals surface area contributed by atoms with Gasteiger partial charge in [0.2, 0.25) is 10.0 Å². The fourth-order valence-corrected chi connectivity index (χ4v) is 3.56. The molecule has 2 aromatic rings. The second-order valence-electron chi connectivity index (χ2n) is 6.79. The number of hydrogen-bond donors (Lipinski definition) is 1. The van der Waals surface area contributed by atoms with E-state index in [1.807, 2.05) is 32.9 Å². The van der Waals surface area contributed by atoms with Crippen LogP contribution in [0.3, 0.4) is 0 Å². The molecule has 0 saturated carbocycles. The maximum absolute atomic E-state index is 12.6. The molecule has 0 aliphatic heterocycles. The molecule has 6 heteroatoms. The first-order valence-electron chi connectivity index (χ1n) is 8.43. The molecule has 0 bridgehead atoms. The fourth-order valence-electron chi connectivity index (χ4n) is 3.00. The second-order valence-corrected chi connectivity index (χ2v) is 8.80. The third-order valence-corrected chi connectivity index (χ3v) is 5.73. The number of anilines is 1. The van der Waals surface area contributed by atoms with Gasteiger partial charge >= 0.3 is 0 Å². The van der Waals surface area contributed by atoms with Crippen molar-refractivity contribution in [3.05, 3.63) is 64.2 Å². The first-order valence-corrected chi connectivity index (χ1v) is 10.3. The number of carbonyl (C=O) groups is 1. The lowest BCUT2D eigenvalue weighted by Gasteiger charge is -2.20. The van der Waals surface area contributed by atoms with Gasteiger partial charge in [0.25, 0.3) is 5.91 Å². The lowest BCUT2D eigenvalue weighted by Crippen LogP contribution is -2.28. The van der Waals surface area contributed by atoms with Gasteiger partial charge in [-0.25, -0.2) is 8.42 Å².